The van der Waals surface area contributed by atoms with Crippen molar-refractivity contribution in [3.8, 4) is 17.6 Å². The first-order chi connectivity index (χ1) is 15.3. The average molecular weight is 480 g/mol. The highest BCUT2D eigenvalue weighted by molar-refractivity contribution is 6.30. The number of carbonyl (C=O) groups excluding carboxylic acids is 1. The smallest absolute Gasteiger partial charge is 0.437 e. The van der Waals surface area contributed by atoms with Gasteiger partial charge in [0.05, 0.1) is 23.9 Å². The van der Waals surface area contributed by atoms with E-state index in [0.29, 0.717) is 12.2 Å². The van der Waals surface area contributed by atoms with Crippen LogP contribution in [0.15, 0.2) is 39.3 Å². The fraction of sp³-hybridized carbons (Fsp3) is 0.333. The van der Waals surface area contributed by atoms with Gasteiger partial charge in [0.25, 0.3) is 11.5 Å². The minimum Gasteiger partial charge on any atom is -0.449 e. The molecule has 0 N–H and O–H groups in total. The number of carbonyl (C=O) groups is 1. The molecule has 1 unspecified atom stereocenters. The van der Waals surface area contributed by atoms with Crippen LogP contribution in [0.2, 0.25) is 5.02 Å². The molecule has 0 fully saturated rings. The van der Waals surface area contributed by atoms with Gasteiger partial charge < -0.3 is 4.74 Å². The molecule has 0 radical (unpaired) electrons. The van der Waals surface area contributed by atoms with Gasteiger partial charge in [-0.2, -0.15) is 23.4 Å². The Bertz CT molecular complexity index is 1270. The van der Waals surface area contributed by atoms with Crippen LogP contribution in [0.25, 0.3) is 0 Å². The van der Waals surface area contributed by atoms with E-state index >= 15 is 0 Å². The molecule has 12 heteroatoms. The van der Waals surface area contributed by atoms with E-state index in [1.807, 2.05) is 20.8 Å². The quantitative estimate of drug-likeness (QED) is 0.651. The third-order valence-electron chi connectivity index (χ3n) is 4.46. The molecule has 1 aromatic heterocycles. The molecule has 1 amide bonds. The van der Waals surface area contributed by atoms with Crippen LogP contribution in [-0.4, -0.2) is 27.5 Å². The van der Waals surface area contributed by atoms with Crippen LogP contribution in [0.5, 0.6) is 11.5 Å². The number of amidine groups is 1. The van der Waals surface area contributed by atoms with E-state index in [2.05, 4.69) is 15.0 Å². The molecule has 2 aromatic rings. The van der Waals surface area contributed by atoms with Gasteiger partial charge in [-0.25, -0.2) is 9.98 Å². The number of halogens is 4. The number of rotatable bonds is 4. The van der Waals surface area contributed by atoms with Crippen molar-refractivity contribution in [1.82, 2.24) is 9.55 Å². The number of aromatic nitrogens is 2. The Morgan fingerprint density at radius 2 is 1.91 bits per heavy atom. The van der Waals surface area contributed by atoms with Crippen molar-refractivity contribution < 1.29 is 22.7 Å². The molecular weight excluding hydrogens is 463 g/mol. The molecule has 1 aromatic carbocycles. The molecule has 3 rings (SSSR count). The summed E-state index contributed by atoms with van der Waals surface area (Å²) in [5, 5.41) is 9.06. The second kappa shape index (κ2) is 8.78. The molecule has 8 nitrogen and oxygen atoms in total. The molecule has 0 spiro atoms. The number of aliphatic imine (C=N–C) groups is 2. The minimum atomic E-state index is -5.00. The van der Waals surface area contributed by atoms with Gasteiger partial charge in [-0.1, -0.05) is 32.4 Å². The largest absolute Gasteiger partial charge is 0.449 e. The Hall–Kier alpha value is -3.52. The van der Waals surface area contributed by atoms with E-state index in [0.717, 1.165) is 16.7 Å². The number of nitriles is 1. The summed E-state index contributed by atoms with van der Waals surface area (Å²) in [4.78, 5) is 36.7. The number of benzene rings is 1. The monoisotopic (exact) mass is 479 g/mol. The minimum absolute atomic E-state index is 0.0202. The van der Waals surface area contributed by atoms with Gasteiger partial charge in [0.1, 0.15) is 11.6 Å². The van der Waals surface area contributed by atoms with Gasteiger partial charge in [0.2, 0.25) is 5.75 Å². The van der Waals surface area contributed by atoms with Crippen molar-refractivity contribution in [2.45, 2.75) is 33.5 Å². The lowest BCUT2D eigenvalue weighted by Gasteiger charge is -2.22. The van der Waals surface area contributed by atoms with Gasteiger partial charge in [-0.05, 0) is 18.2 Å². The predicted octanol–water partition coefficient (Wildman–Crippen LogP) is 4.25. The van der Waals surface area contributed by atoms with Gasteiger partial charge in [-0.15, -0.1) is 0 Å². The van der Waals surface area contributed by atoms with Crippen molar-refractivity contribution >= 4 is 29.6 Å². The first kappa shape index (κ1) is 24.1. The molecule has 1 aliphatic heterocycles. The van der Waals surface area contributed by atoms with E-state index in [9.17, 15) is 22.8 Å². The lowest BCUT2D eigenvalue weighted by molar-refractivity contribution is -0.142. The van der Waals surface area contributed by atoms with Crippen LogP contribution < -0.4 is 10.3 Å². The molecule has 1 aliphatic rings. The highest BCUT2D eigenvalue weighted by Gasteiger charge is 2.39. The average Bonchev–Trinajstić information content (AvgIpc) is 2.70. The number of alkyl halides is 3. The summed E-state index contributed by atoms with van der Waals surface area (Å²) in [6.07, 6.45) is -3.02. The van der Waals surface area contributed by atoms with Crippen LogP contribution in [0.3, 0.4) is 0 Å². The first-order valence-electron chi connectivity index (χ1n) is 9.52. The highest BCUT2D eigenvalue weighted by Crippen LogP contribution is 2.35. The summed E-state index contributed by atoms with van der Waals surface area (Å²) in [5.74, 6) is -2.62. The Kier molecular flexibility index (Phi) is 6.42. The first-order valence-corrected chi connectivity index (χ1v) is 9.90. The maximum Gasteiger partial charge on any atom is 0.437 e. The second-order valence-corrected chi connectivity index (χ2v) is 8.61. The van der Waals surface area contributed by atoms with Crippen molar-refractivity contribution in [2.75, 3.05) is 0 Å². The zero-order valence-electron chi connectivity index (χ0n) is 17.6. The number of hydrogen-bond donors (Lipinski definition) is 0. The van der Waals surface area contributed by atoms with E-state index < -0.39 is 40.4 Å². The van der Waals surface area contributed by atoms with E-state index in [1.54, 1.807) is 6.07 Å². The van der Waals surface area contributed by atoms with Gasteiger partial charge in [0, 0.05) is 23.2 Å². The van der Waals surface area contributed by atoms with Crippen LogP contribution in [0, 0.1) is 22.7 Å². The molecule has 0 aliphatic carbocycles. The van der Waals surface area contributed by atoms with Crippen molar-refractivity contribution in [3.05, 3.63) is 51.2 Å². The van der Waals surface area contributed by atoms with Crippen LogP contribution in [0.4, 0.5) is 13.2 Å². The number of amides is 1. The second-order valence-electron chi connectivity index (χ2n) is 8.18. The number of nitrogens with zero attached hydrogens (tertiary/aromatic N) is 5. The Labute approximate surface area is 191 Å². The molecule has 2 heterocycles. The maximum absolute atomic E-state index is 13.5. The molecular formula is C21H17ClF3N5O3. The fourth-order valence-corrected chi connectivity index (χ4v) is 3.06. The Morgan fingerprint density at radius 3 is 2.48 bits per heavy atom. The lowest BCUT2D eigenvalue weighted by atomic mass is 9.94. The summed E-state index contributed by atoms with van der Waals surface area (Å²) in [6, 6.07) is 5.35. The van der Waals surface area contributed by atoms with Crippen molar-refractivity contribution in [2.24, 2.45) is 21.3 Å². The van der Waals surface area contributed by atoms with Crippen LogP contribution >= 0.6 is 11.6 Å². The van der Waals surface area contributed by atoms with Crippen LogP contribution in [-0.2, 0) is 17.5 Å². The lowest BCUT2D eigenvalue weighted by Crippen LogP contribution is -2.34. The molecule has 0 saturated carbocycles. The van der Waals surface area contributed by atoms with Gasteiger partial charge in [-0.3, -0.25) is 14.2 Å². The number of hydrogen-bond acceptors (Lipinski definition) is 6. The predicted molar refractivity (Wildman–Crippen MR) is 114 cm³/mol. The van der Waals surface area contributed by atoms with Crippen LogP contribution in [0.1, 0.15) is 32.0 Å². The maximum atomic E-state index is 13.5. The molecule has 172 valence electrons. The van der Waals surface area contributed by atoms with Crippen molar-refractivity contribution in [3.63, 3.8) is 0 Å². The molecule has 0 bridgehead atoms. The molecule has 1 atom stereocenters. The molecule has 33 heavy (non-hydrogen) atoms. The summed E-state index contributed by atoms with van der Waals surface area (Å²) in [7, 11) is 0. The van der Waals surface area contributed by atoms with E-state index in [4.69, 9.17) is 21.6 Å². The Morgan fingerprint density at radius 1 is 1.21 bits per heavy atom. The van der Waals surface area contributed by atoms with Crippen molar-refractivity contribution in [1.29, 1.82) is 5.26 Å². The topological polar surface area (TPSA) is 110 Å². The van der Waals surface area contributed by atoms with E-state index in [1.165, 1.54) is 12.3 Å². The van der Waals surface area contributed by atoms with Gasteiger partial charge in [0.15, 0.2) is 5.69 Å². The summed E-state index contributed by atoms with van der Waals surface area (Å²) in [5.41, 5.74) is -3.20. The zero-order chi connectivity index (χ0) is 24.6. The number of ether oxygens (including phenoxy) is 1. The third-order valence-corrected chi connectivity index (χ3v) is 4.68. The third kappa shape index (κ3) is 5.46. The summed E-state index contributed by atoms with van der Waals surface area (Å²) in [6.45, 7) is 5.11. The van der Waals surface area contributed by atoms with Gasteiger partial charge >= 0.3 is 6.18 Å². The highest BCUT2D eigenvalue weighted by atomic mass is 35.5. The molecule has 0 saturated heterocycles. The van der Waals surface area contributed by atoms with E-state index in [-0.39, 0.29) is 22.9 Å². The Balaban J connectivity index is 2.00. The summed E-state index contributed by atoms with van der Waals surface area (Å²) >= 11 is 5.87. The zero-order valence-corrected chi connectivity index (χ0v) is 18.4. The standard InChI is InChI=1S/C21H17ClF3N5O3/c1-20(2,3)19-27-8-12(17(31)29-19)9-30-10-28-16(21(23,24)25)15(18(30)32)33-14-5-11(7-26)4-13(22)6-14/h4-6,8,10,12H,9H2,1-3H3. The SMILES string of the molecule is CC(C)(C)C1=NC(=O)C(Cn2cnc(C(F)(F)F)c(Oc3cc(Cl)cc(C#N)c3)c2=O)C=N1. The normalized spacial score (nSPS) is 16.4. The summed E-state index contributed by atoms with van der Waals surface area (Å²) < 4.78 is 46.5. The fourth-order valence-electron chi connectivity index (χ4n) is 2.84.